The first-order valence-electron chi connectivity index (χ1n) is 6.13. The fourth-order valence-corrected chi connectivity index (χ4v) is 2.19. The molecular formula is C14H14BrN5. The first-order valence-corrected chi connectivity index (χ1v) is 6.93. The number of benzene rings is 1. The Morgan fingerprint density at radius 1 is 1.35 bits per heavy atom. The third-order valence-electron chi connectivity index (χ3n) is 2.80. The minimum Gasteiger partial charge on any atom is -0.370 e. The van der Waals surface area contributed by atoms with Crippen LogP contribution in [0.15, 0.2) is 41.1 Å². The topological polar surface area (TPSA) is 64.8 Å². The van der Waals surface area contributed by atoms with Gasteiger partial charge in [0.15, 0.2) is 6.19 Å². The summed E-state index contributed by atoms with van der Waals surface area (Å²) in [5.74, 6) is 1.29. The maximum atomic E-state index is 8.82. The fraction of sp³-hybridized carbons (Fsp3) is 0.214. The van der Waals surface area contributed by atoms with E-state index in [1.54, 1.807) is 13.1 Å². The molecule has 1 aromatic carbocycles. The lowest BCUT2D eigenvalue weighted by molar-refractivity contribution is 0.989. The quantitative estimate of drug-likeness (QED) is 0.674. The Morgan fingerprint density at radius 3 is 2.90 bits per heavy atom. The summed E-state index contributed by atoms with van der Waals surface area (Å²) in [6.07, 6.45) is 4.34. The molecule has 0 spiro atoms. The summed E-state index contributed by atoms with van der Waals surface area (Å²) >= 11 is 3.53. The van der Waals surface area contributed by atoms with Gasteiger partial charge in [-0.3, -0.25) is 4.90 Å². The van der Waals surface area contributed by atoms with E-state index in [4.69, 9.17) is 5.26 Å². The highest BCUT2D eigenvalue weighted by Crippen LogP contribution is 2.17. The Hall–Kier alpha value is -2.13. The largest absolute Gasteiger partial charge is 0.370 e. The monoisotopic (exact) mass is 331 g/mol. The van der Waals surface area contributed by atoms with Crippen LogP contribution in [-0.2, 0) is 6.42 Å². The molecule has 2 rings (SSSR count). The van der Waals surface area contributed by atoms with E-state index >= 15 is 0 Å². The predicted molar refractivity (Wildman–Crippen MR) is 82.4 cm³/mol. The van der Waals surface area contributed by atoms with Gasteiger partial charge in [0.25, 0.3) is 0 Å². The number of rotatable bonds is 5. The standard InChI is InChI=1S/C14H14BrN5/c1-20(9-16)14-8-13(18-10-19-14)17-7-6-11-4-2-3-5-12(11)15/h2-5,8,10H,6-7H2,1H3,(H,17,18,19). The minimum absolute atomic E-state index is 0.575. The summed E-state index contributed by atoms with van der Waals surface area (Å²) in [5, 5.41) is 12.1. The van der Waals surface area contributed by atoms with Gasteiger partial charge in [0.05, 0.1) is 0 Å². The van der Waals surface area contributed by atoms with E-state index in [0.717, 1.165) is 17.4 Å². The normalized spacial score (nSPS) is 9.85. The minimum atomic E-state index is 0.575. The Balaban J connectivity index is 1.95. The van der Waals surface area contributed by atoms with Crippen molar-refractivity contribution in [3.63, 3.8) is 0 Å². The molecule has 2 aromatic rings. The van der Waals surface area contributed by atoms with Crippen LogP contribution in [0.25, 0.3) is 0 Å². The van der Waals surface area contributed by atoms with Crippen LogP contribution < -0.4 is 10.2 Å². The van der Waals surface area contributed by atoms with Gasteiger partial charge in [0.1, 0.15) is 18.0 Å². The first-order chi connectivity index (χ1) is 9.70. The van der Waals surface area contributed by atoms with Crippen molar-refractivity contribution in [2.75, 3.05) is 23.8 Å². The number of nitrogens with zero attached hydrogens (tertiary/aromatic N) is 4. The summed E-state index contributed by atoms with van der Waals surface area (Å²) < 4.78 is 1.11. The second kappa shape index (κ2) is 6.87. The van der Waals surface area contributed by atoms with Crippen molar-refractivity contribution in [3.05, 3.63) is 46.7 Å². The van der Waals surface area contributed by atoms with Crippen LogP contribution in [-0.4, -0.2) is 23.6 Å². The highest BCUT2D eigenvalue weighted by atomic mass is 79.9. The van der Waals surface area contributed by atoms with Gasteiger partial charge in [-0.1, -0.05) is 34.1 Å². The molecule has 0 bridgehead atoms. The third kappa shape index (κ3) is 3.68. The van der Waals surface area contributed by atoms with Crippen LogP contribution in [0, 0.1) is 11.5 Å². The average molecular weight is 332 g/mol. The number of halogens is 1. The number of aromatic nitrogens is 2. The molecule has 0 aliphatic rings. The first kappa shape index (κ1) is 14.3. The summed E-state index contributed by atoms with van der Waals surface area (Å²) in [5.41, 5.74) is 1.24. The summed E-state index contributed by atoms with van der Waals surface area (Å²) in [4.78, 5) is 9.56. The second-order valence-corrected chi connectivity index (χ2v) is 5.04. The van der Waals surface area contributed by atoms with E-state index in [2.05, 4.69) is 37.3 Å². The zero-order valence-corrected chi connectivity index (χ0v) is 12.6. The van der Waals surface area contributed by atoms with Crippen molar-refractivity contribution in [1.82, 2.24) is 9.97 Å². The van der Waals surface area contributed by atoms with Gasteiger partial charge in [-0.05, 0) is 18.1 Å². The number of anilines is 2. The molecule has 0 amide bonds. The molecule has 1 heterocycles. The number of nitriles is 1. The SMILES string of the molecule is CN(C#N)c1cc(NCCc2ccccc2Br)ncn1. The Bertz CT molecular complexity index is 623. The third-order valence-corrected chi connectivity index (χ3v) is 3.58. The molecule has 6 heteroatoms. The molecule has 5 nitrogen and oxygen atoms in total. The smallest absolute Gasteiger partial charge is 0.185 e. The van der Waals surface area contributed by atoms with Gasteiger partial charge in [0.2, 0.25) is 0 Å². The Morgan fingerprint density at radius 2 is 2.15 bits per heavy atom. The highest BCUT2D eigenvalue weighted by molar-refractivity contribution is 9.10. The fourth-order valence-electron chi connectivity index (χ4n) is 1.70. The Kier molecular flexibility index (Phi) is 4.91. The molecule has 0 aliphatic carbocycles. The van der Waals surface area contributed by atoms with Crippen molar-refractivity contribution >= 4 is 27.6 Å². The van der Waals surface area contributed by atoms with Gasteiger partial charge in [-0.25, -0.2) is 9.97 Å². The van der Waals surface area contributed by atoms with Crippen molar-refractivity contribution in [2.24, 2.45) is 0 Å². The van der Waals surface area contributed by atoms with Gasteiger partial charge < -0.3 is 5.32 Å². The average Bonchev–Trinajstić information content (AvgIpc) is 2.49. The van der Waals surface area contributed by atoms with Crippen LogP contribution in [0.1, 0.15) is 5.56 Å². The molecule has 102 valence electrons. The number of hydrogen-bond donors (Lipinski definition) is 1. The summed E-state index contributed by atoms with van der Waals surface area (Å²) in [6, 6.07) is 9.88. The number of hydrogen-bond acceptors (Lipinski definition) is 5. The maximum Gasteiger partial charge on any atom is 0.185 e. The lowest BCUT2D eigenvalue weighted by Crippen LogP contribution is -2.12. The molecule has 1 aromatic heterocycles. The van der Waals surface area contributed by atoms with E-state index < -0.39 is 0 Å². The predicted octanol–water partition coefficient (Wildman–Crippen LogP) is 2.81. The molecule has 20 heavy (non-hydrogen) atoms. The van der Waals surface area contributed by atoms with Crippen LogP contribution in [0.3, 0.4) is 0 Å². The van der Waals surface area contributed by atoms with Crippen molar-refractivity contribution in [2.45, 2.75) is 6.42 Å². The van der Waals surface area contributed by atoms with Crippen molar-refractivity contribution in [1.29, 1.82) is 5.26 Å². The Labute approximate surface area is 126 Å². The van der Waals surface area contributed by atoms with E-state index in [1.807, 2.05) is 24.4 Å². The molecule has 1 N–H and O–H groups in total. The van der Waals surface area contributed by atoms with Crippen LogP contribution in [0.4, 0.5) is 11.6 Å². The molecule has 0 saturated carbocycles. The molecule has 0 aliphatic heterocycles. The lowest BCUT2D eigenvalue weighted by atomic mass is 10.1. The van der Waals surface area contributed by atoms with Gasteiger partial charge in [0, 0.05) is 24.1 Å². The van der Waals surface area contributed by atoms with Crippen molar-refractivity contribution < 1.29 is 0 Å². The molecule has 0 radical (unpaired) electrons. The maximum absolute atomic E-state index is 8.82. The van der Waals surface area contributed by atoms with Crippen molar-refractivity contribution in [3.8, 4) is 6.19 Å². The zero-order valence-electron chi connectivity index (χ0n) is 11.0. The van der Waals surface area contributed by atoms with Gasteiger partial charge >= 0.3 is 0 Å². The van der Waals surface area contributed by atoms with E-state index in [0.29, 0.717) is 11.6 Å². The van der Waals surface area contributed by atoms with E-state index in [9.17, 15) is 0 Å². The van der Waals surface area contributed by atoms with E-state index in [1.165, 1.54) is 16.8 Å². The van der Waals surface area contributed by atoms with E-state index in [-0.39, 0.29) is 0 Å². The zero-order chi connectivity index (χ0) is 14.4. The molecule has 0 saturated heterocycles. The van der Waals surface area contributed by atoms with Crippen LogP contribution in [0.2, 0.25) is 0 Å². The van der Waals surface area contributed by atoms with Gasteiger partial charge in [-0.2, -0.15) is 5.26 Å². The van der Waals surface area contributed by atoms with Crippen LogP contribution >= 0.6 is 15.9 Å². The van der Waals surface area contributed by atoms with Crippen LogP contribution in [0.5, 0.6) is 0 Å². The molecule has 0 fully saturated rings. The lowest BCUT2D eigenvalue weighted by Gasteiger charge is -2.10. The summed E-state index contributed by atoms with van der Waals surface area (Å²) in [7, 11) is 1.66. The van der Waals surface area contributed by atoms with Gasteiger partial charge in [-0.15, -0.1) is 0 Å². The highest BCUT2D eigenvalue weighted by Gasteiger charge is 2.03. The molecule has 0 atom stereocenters. The summed E-state index contributed by atoms with van der Waals surface area (Å²) in [6.45, 7) is 0.759. The second-order valence-electron chi connectivity index (χ2n) is 4.19. The number of nitrogens with one attached hydrogen (secondary N) is 1. The molecular weight excluding hydrogens is 318 g/mol. The molecule has 0 unspecified atom stereocenters.